The maximum atomic E-state index is 12.2. The van der Waals surface area contributed by atoms with Crippen LogP contribution in [0.25, 0.3) is 4.85 Å². The van der Waals surface area contributed by atoms with Crippen LogP contribution >= 0.6 is 11.6 Å². The number of halogens is 1. The lowest BCUT2D eigenvalue weighted by Gasteiger charge is -2.25. The molecule has 2 aliphatic rings. The second kappa shape index (κ2) is 8.47. The number of carbonyl (C=O) groups excluding carboxylic acids is 1. The fraction of sp³-hybridized carbons (Fsp3) is 0.478. The second-order valence-corrected chi connectivity index (χ2v) is 9.65. The fourth-order valence-electron chi connectivity index (χ4n) is 4.06. The van der Waals surface area contributed by atoms with E-state index in [1.165, 1.54) is 6.33 Å². The Bertz CT molecular complexity index is 1070. The molecule has 1 amide bonds. The standard InChI is InChI=1S/C23H26ClN5O3/c1-13-20(28-19-7-6-14(25-5)8-18(19)24)26-12-27-21(13)31-11-17-15-9-29(10-16(15)17)22(30)32-23(2,3)4/h6-8,12,15-17H,9-11H2,1-4H3,(H,26,27,28)/t15-,16+,17+. The van der Waals surface area contributed by atoms with E-state index in [0.717, 1.165) is 5.56 Å². The van der Waals surface area contributed by atoms with E-state index in [4.69, 9.17) is 27.6 Å². The summed E-state index contributed by atoms with van der Waals surface area (Å²) in [4.78, 5) is 26.0. The summed E-state index contributed by atoms with van der Waals surface area (Å²) in [5.74, 6) is 2.42. The van der Waals surface area contributed by atoms with Gasteiger partial charge in [-0.2, -0.15) is 0 Å². The van der Waals surface area contributed by atoms with Crippen LogP contribution in [0.15, 0.2) is 24.5 Å². The van der Waals surface area contributed by atoms with Gasteiger partial charge in [-0.3, -0.25) is 0 Å². The Morgan fingerprint density at radius 1 is 1.31 bits per heavy atom. The lowest BCUT2D eigenvalue weighted by molar-refractivity contribution is 0.0260. The normalized spacial score (nSPS) is 21.5. The lowest BCUT2D eigenvalue weighted by Crippen LogP contribution is -2.37. The molecule has 1 aromatic heterocycles. The van der Waals surface area contributed by atoms with Crippen LogP contribution in [0.3, 0.4) is 0 Å². The quantitative estimate of drug-likeness (QED) is 0.622. The summed E-state index contributed by atoms with van der Waals surface area (Å²) >= 11 is 6.27. The van der Waals surface area contributed by atoms with E-state index in [-0.39, 0.29) is 6.09 Å². The first kappa shape index (κ1) is 22.2. The van der Waals surface area contributed by atoms with Gasteiger partial charge in [0.2, 0.25) is 5.88 Å². The highest BCUT2D eigenvalue weighted by atomic mass is 35.5. The molecule has 1 saturated carbocycles. The van der Waals surface area contributed by atoms with Crippen molar-refractivity contribution in [3.8, 4) is 5.88 Å². The number of nitrogens with one attached hydrogen (secondary N) is 1. The minimum Gasteiger partial charge on any atom is -0.477 e. The highest BCUT2D eigenvalue weighted by Crippen LogP contribution is 2.52. The molecule has 1 aliphatic carbocycles. The van der Waals surface area contributed by atoms with Crippen molar-refractivity contribution in [1.82, 2.24) is 14.9 Å². The molecule has 9 heteroatoms. The van der Waals surface area contributed by atoms with E-state index >= 15 is 0 Å². The number of fused-ring (bicyclic) bond motifs is 1. The smallest absolute Gasteiger partial charge is 0.410 e. The molecule has 32 heavy (non-hydrogen) atoms. The molecule has 1 N–H and O–H groups in total. The first-order chi connectivity index (χ1) is 15.2. The topological polar surface area (TPSA) is 80.9 Å². The number of aromatic nitrogens is 2. The molecule has 1 saturated heterocycles. The molecule has 2 heterocycles. The van der Waals surface area contributed by atoms with Gasteiger partial charge in [-0.1, -0.05) is 17.7 Å². The number of likely N-dealkylation sites (tertiary alicyclic amines) is 1. The van der Waals surface area contributed by atoms with Gasteiger partial charge in [0.25, 0.3) is 0 Å². The highest BCUT2D eigenvalue weighted by molar-refractivity contribution is 6.33. The average molecular weight is 456 g/mol. The predicted molar refractivity (Wildman–Crippen MR) is 122 cm³/mol. The molecule has 0 spiro atoms. The minimum absolute atomic E-state index is 0.241. The summed E-state index contributed by atoms with van der Waals surface area (Å²) in [5.41, 5.74) is 1.43. The molecule has 0 radical (unpaired) electrons. The molecule has 3 atom stereocenters. The molecule has 1 aliphatic heterocycles. The van der Waals surface area contributed by atoms with E-state index in [2.05, 4.69) is 20.1 Å². The van der Waals surface area contributed by atoms with Gasteiger partial charge in [0.1, 0.15) is 17.7 Å². The maximum absolute atomic E-state index is 12.2. The first-order valence-electron chi connectivity index (χ1n) is 10.5. The fourth-order valence-corrected chi connectivity index (χ4v) is 4.28. The summed E-state index contributed by atoms with van der Waals surface area (Å²) in [6.07, 6.45) is 1.21. The predicted octanol–water partition coefficient (Wildman–Crippen LogP) is 5.22. The lowest BCUT2D eigenvalue weighted by atomic mass is 10.2. The van der Waals surface area contributed by atoms with Crippen LogP contribution in [0.4, 0.5) is 22.0 Å². The van der Waals surface area contributed by atoms with E-state index in [1.807, 2.05) is 27.7 Å². The minimum atomic E-state index is -0.480. The third kappa shape index (κ3) is 4.73. The zero-order valence-corrected chi connectivity index (χ0v) is 19.3. The number of carbonyl (C=O) groups is 1. The summed E-state index contributed by atoms with van der Waals surface area (Å²) in [5, 5.41) is 3.63. The van der Waals surface area contributed by atoms with Gasteiger partial charge in [0, 0.05) is 19.0 Å². The molecule has 0 bridgehead atoms. The number of rotatable bonds is 5. The maximum Gasteiger partial charge on any atom is 0.410 e. The zero-order valence-electron chi connectivity index (χ0n) is 18.6. The third-order valence-corrected chi connectivity index (χ3v) is 6.12. The van der Waals surface area contributed by atoms with Crippen molar-refractivity contribution in [2.75, 3.05) is 25.0 Å². The molecule has 2 fully saturated rings. The van der Waals surface area contributed by atoms with Crippen LogP contribution in [0.2, 0.25) is 5.02 Å². The molecule has 8 nitrogen and oxygen atoms in total. The van der Waals surface area contributed by atoms with E-state index in [1.54, 1.807) is 23.1 Å². The van der Waals surface area contributed by atoms with Crippen molar-refractivity contribution < 1.29 is 14.3 Å². The van der Waals surface area contributed by atoms with Gasteiger partial charge < -0.3 is 19.7 Å². The van der Waals surface area contributed by atoms with Gasteiger partial charge in [0.05, 0.1) is 29.5 Å². The number of hydrogen-bond donors (Lipinski definition) is 1. The van der Waals surface area contributed by atoms with Gasteiger partial charge in [-0.25, -0.2) is 19.6 Å². The van der Waals surface area contributed by atoms with Crippen molar-refractivity contribution in [2.24, 2.45) is 17.8 Å². The van der Waals surface area contributed by atoms with Crippen LogP contribution in [0.5, 0.6) is 5.88 Å². The summed E-state index contributed by atoms with van der Waals surface area (Å²) in [6.45, 7) is 16.6. The van der Waals surface area contributed by atoms with Gasteiger partial charge in [-0.05, 0) is 51.7 Å². The SMILES string of the molecule is [C-]#[N+]c1ccc(Nc2ncnc(OC[C@@H]3[C@H]4CN(C(=O)OC(C)(C)C)C[C@@H]34)c2C)c(Cl)c1. The number of benzene rings is 1. The molecular formula is C23H26ClN5O3. The van der Waals surface area contributed by atoms with Crippen molar-refractivity contribution in [3.05, 3.63) is 46.5 Å². The Morgan fingerprint density at radius 3 is 2.66 bits per heavy atom. The van der Waals surface area contributed by atoms with Crippen LogP contribution in [0, 0.1) is 31.2 Å². The van der Waals surface area contributed by atoms with Gasteiger partial charge >= 0.3 is 6.09 Å². The third-order valence-electron chi connectivity index (χ3n) is 5.81. The Morgan fingerprint density at radius 2 is 2.03 bits per heavy atom. The number of piperidine rings is 1. The van der Waals surface area contributed by atoms with Crippen LogP contribution < -0.4 is 10.1 Å². The Balaban J connectivity index is 1.33. The van der Waals surface area contributed by atoms with Crippen LogP contribution in [0.1, 0.15) is 26.3 Å². The molecule has 2 aromatic rings. The first-order valence-corrected chi connectivity index (χ1v) is 10.9. The molecule has 1 aromatic carbocycles. The van der Waals surface area contributed by atoms with Crippen LogP contribution in [-0.2, 0) is 4.74 Å². The number of ether oxygens (including phenoxy) is 2. The number of amides is 1. The monoisotopic (exact) mass is 455 g/mol. The number of anilines is 2. The van der Waals surface area contributed by atoms with Gasteiger partial charge in [0.15, 0.2) is 5.69 Å². The summed E-state index contributed by atoms with van der Waals surface area (Å²) < 4.78 is 11.5. The summed E-state index contributed by atoms with van der Waals surface area (Å²) in [6, 6.07) is 5.05. The largest absolute Gasteiger partial charge is 0.477 e. The van der Waals surface area contributed by atoms with Crippen molar-refractivity contribution in [3.63, 3.8) is 0 Å². The van der Waals surface area contributed by atoms with Crippen molar-refractivity contribution >= 4 is 34.9 Å². The highest BCUT2D eigenvalue weighted by Gasteiger charge is 2.57. The average Bonchev–Trinajstić information content (AvgIpc) is 3.17. The zero-order chi connectivity index (χ0) is 23.0. The Labute approximate surface area is 192 Å². The molecule has 0 unspecified atom stereocenters. The molecule has 4 rings (SSSR count). The second-order valence-electron chi connectivity index (χ2n) is 9.24. The Hall–Kier alpha value is -3.05. The number of nitrogens with zero attached hydrogens (tertiary/aromatic N) is 4. The van der Waals surface area contributed by atoms with E-state index in [0.29, 0.717) is 65.5 Å². The Kier molecular flexibility index (Phi) is 5.87. The number of hydrogen-bond acceptors (Lipinski definition) is 6. The summed E-state index contributed by atoms with van der Waals surface area (Å²) in [7, 11) is 0. The molecule has 168 valence electrons. The van der Waals surface area contributed by atoms with Crippen LogP contribution in [-0.4, -0.2) is 46.3 Å². The van der Waals surface area contributed by atoms with E-state index < -0.39 is 5.60 Å². The van der Waals surface area contributed by atoms with E-state index in [9.17, 15) is 4.79 Å². The molecular weight excluding hydrogens is 430 g/mol. The van der Waals surface area contributed by atoms with Crippen molar-refractivity contribution in [1.29, 1.82) is 0 Å². The van der Waals surface area contributed by atoms with Gasteiger partial charge in [-0.15, -0.1) is 0 Å². The van der Waals surface area contributed by atoms with Crippen molar-refractivity contribution in [2.45, 2.75) is 33.3 Å².